The molecule has 3 N–H and O–H groups in total. The molecule has 0 saturated carbocycles. The van der Waals surface area contributed by atoms with Gasteiger partial charge in [-0.15, -0.1) is 0 Å². The quantitative estimate of drug-likeness (QED) is 0.427. The van der Waals surface area contributed by atoms with Crippen molar-refractivity contribution >= 4 is 0 Å². The molecule has 0 atom stereocenters. The van der Waals surface area contributed by atoms with Crippen LogP contribution < -0.4 is 0 Å². The van der Waals surface area contributed by atoms with E-state index in [2.05, 4.69) is 16.1 Å². The molecule has 2 nitrogen and oxygen atoms in total. The summed E-state index contributed by atoms with van der Waals surface area (Å²) in [7, 11) is 0. The predicted octanol–water partition coefficient (Wildman–Crippen LogP) is -1.39. The van der Waals surface area contributed by atoms with Crippen LogP contribution in [0.15, 0.2) is 0 Å². The molecule has 0 saturated heterocycles. The fraction of sp³-hybridized carbons (Fsp3) is 0. The van der Waals surface area contributed by atoms with Crippen molar-refractivity contribution < 1.29 is 42.3 Å². The van der Waals surface area contributed by atoms with E-state index >= 15 is 0 Å². The van der Waals surface area contributed by atoms with Gasteiger partial charge in [0.25, 0.3) is 0 Å². The molecular weight excluding hydrogens is 150 g/mol. The summed E-state index contributed by atoms with van der Waals surface area (Å²) >= 11 is 2.56. The zero-order valence-corrected chi connectivity index (χ0v) is 3.63. The van der Waals surface area contributed by atoms with E-state index in [1.54, 1.807) is 0 Å². The standard InChI is InChI=1S/Co.Ni.2H2O/h;;2*1H2/q+1;;;/p-1. The Morgan fingerprint density at radius 2 is 1.25 bits per heavy atom. The van der Waals surface area contributed by atoms with E-state index in [9.17, 15) is 0 Å². The number of hydrogen-bond donors (Lipinski definition) is 1. The maximum absolute atomic E-state index is 6.69. The van der Waals surface area contributed by atoms with E-state index in [1.165, 1.54) is 0 Å². The van der Waals surface area contributed by atoms with Gasteiger partial charge in [-0.3, -0.25) is 0 Å². The molecule has 4 heteroatoms. The Labute approximate surface area is 42.7 Å². The van der Waals surface area contributed by atoms with Crippen molar-refractivity contribution in [1.29, 1.82) is 0 Å². The van der Waals surface area contributed by atoms with Crippen LogP contribution in [0, 0.1) is 0 Å². The Kier molecular flexibility index (Phi) is 202. The van der Waals surface area contributed by atoms with E-state index in [-0.39, 0.29) is 22.0 Å². The second-order valence-electron chi connectivity index (χ2n) is 0. The van der Waals surface area contributed by atoms with Gasteiger partial charge in [-0.05, 0) is 0 Å². The summed E-state index contributed by atoms with van der Waals surface area (Å²) in [6.45, 7) is 0. The van der Waals surface area contributed by atoms with Gasteiger partial charge < -0.3 is 5.48 Å². The molecule has 4 heavy (non-hydrogen) atoms. The fourth-order valence-corrected chi connectivity index (χ4v) is 0. The van der Waals surface area contributed by atoms with E-state index < -0.39 is 0 Å². The van der Waals surface area contributed by atoms with E-state index in [0.29, 0.717) is 0 Å². The van der Waals surface area contributed by atoms with Crippen molar-refractivity contribution in [2.24, 2.45) is 0 Å². The maximum atomic E-state index is 6.69. The summed E-state index contributed by atoms with van der Waals surface area (Å²) in [5.41, 5.74) is 0. The third-order valence-corrected chi connectivity index (χ3v) is 0. The van der Waals surface area contributed by atoms with Crippen molar-refractivity contribution in [2.45, 2.75) is 0 Å². The van der Waals surface area contributed by atoms with Crippen LogP contribution in [-0.4, -0.2) is 9.70 Å². The zero-order valence-electron chi connectivity index (χ0n) is 1.60. The topological polar surface area (TPSA) is 51.7 Å². The van der Waals surface area contributed by atoms with E-state index in [0.717, 1.165) is 0 Å². The molecule has 0 aromatic heterocycles. The summed E-state index contributed by atoms with van der Waals surface area (Å²) in [6.07, 6.45) is 0. The molecule has 0 amide bonds. The first-order valence-electron chi connectivity index (χ1n) is 0.149. The summed E-state index contributed by atoms with van der Waals surface area (Å²) in [4.78, 5) is 0. The van der Waals surface area contributed by atoms with E-state index in [1.807, 2.05) is 0 Å². The molecule has 0 unspecified atom stereocenters. The monoisotopic (exact) mass is 152 g/mol. The van der Waals surface area contributed by atoms with Crippen LogP contribution >= 0.6 is 0 Å². The minimum atomic E-state index is 0. The van der Waals surface area contributed by atoms with Crippen LogP contribution in [0.1, 0.15) is 0 Å². The third-order valence-electron chi connectivity index (χ3n) is 0. The van der Waals surface area contributed by atoms with Crippen LogP contribution in [0.25, 0.3) is 0 Å². The van der Waals surface area contributed by atoms with Crippen molar-refractivity contribution in [1.82, 2.24) is 0 Å². The van der Waals surface area contributed by atoms with Crippen molar-refractivity contribution in [3.63, 3.8) is 0 Å². The molecule has 0 aliphatic heterocycles. The van der Waals surface area contributed by atoms with Gasteiger partial charge in [0.05, 0.1) is 0 Å². The molecule has 0 radical (unpaired) electrons. The Morgan fingerprint density at radius 1 is 1.25 bits per heavy atom. The van der Waals surface area contributed by atoms with Gasteiger partial charge >= 0.3 is 20.3 Å². The predicted molar refractivity (Wildman–Crippen MR) is 5.83 cm³/mol. The summed E-state index contributed by atoms with van der Waals surface area (Å²) < 4.78 is 6.69. The molecular formula is H3CoNiO2. The SMILES string of the molecule is O.[Ni].[OH][Co]. The van der Waals surface area contributed by atoms with Crippen molar-refractivity contribution in [2.75, 3.05) is 0 Å². The van der Waals surface area contributed by atoms with Gasteiger partial charge in [0, 0.05) is 16.5 Å². The zero-order chi connectivity index (χ0) is 2.00. The van der Waals surface area contributed by atoms with Crippen LogP contribution in [0.4, 0.5) is 0 Å². The molecule has 0 heterocycles. The number of hydrogen-bond acceptors (Lipinski definition) is 1. The molecule has 0 aliphatic rings. The first-order valence-corrected chi connectivity index (χ1v) is 0.615. The van der Waals surface area contributed by atoms with Gasteiger partial charge in [-0.25, -0.2) is 0 Å². The van der Waals surface area contributed by atoms with Crippen molar-refractivity contribution in [3.8, 4) is 0 Å². The third kappa shape index (κ3) is 12.7. The van der Waals surface area contributed by atoms with E-state index in [4.69, 9.17) is 4.22 Å². The van der Waals surface area contributed by atoms with Gasteiger partial charge in [0.15, 0.2) is 0 Å². The van der Waals surface area contributed by atoms with Gasteiger partial charge in [0.1, 0.15) is 0 Å². The normalized spacial score (nSPS) is 1.75. The summed E-state index contributed by atoms with van der Waals surface area (Å²) in [5.74, 6) is 0. The minimum absolute atomic E-state index is 0. The van der Waals surface area contributed by atoms with Crippen LogP contribution in [0.2, 0.25) is 0 Å². The average molecular weight is 153 g/mol. The summed E-state index contributed by atoms with van der Waals surface area (Å²) in [5, 5.41) is 0. The van der Waals surface area contributed by atoms with Gasteiger partial charge in [0.2, 0.25) is 0 Å². The second kappa shape index (κ2) is 39.5. The van der Waals surface area contributed by atoms with Crippen LogP contribution in [0.5, 0.6) is 0 Å². The molecule has 0 spiro atoms. The number of rotatable bonds is 0. The molecule has 0 bridgehead atoms. The van der Waals surface area contributed by atoms with Gasteiger partial charge in [-0.2, -0.15) is 0 Å². The molecule has 34 valence electrons. The Hall–Kier alpha value is 0.920. The van der Waals surface area contributed by atoms with Crippen LogP contribution in [-0.2, 0) is 32.6 Å². The molecule has 0 aliphatic carbocycles. The molecule has 0 rings (SSSR count). The Bertz CT molecular complexity index is 6.00. The average Bonchev–Trinajstić information content (AvgIpc) is 1.00. The van der Waals surface area contributed by atoms with Crippen molar-refractivity contribution in [3.05, 3.63) is 0 Å². The van der Waals surface area contributed by atoms with Crippen LogP contribution in [0.3, 0.4) is 0 Å². The second-order valence-corrected chi connectivity index (χ2v) is 0. The summed E-state index contributed by atoms with van der Waals surface area (Å²) in [6, 6.07) is 0. The molecule has 0 aromatic carbocycles. The Balaban J connectivity index is -0.00000000500. The fourth-order valence-electron chi connectivity index (χ4n) is 0. The van der Waals surface area contributed by atoms with Gasteiger partial charge in [-0.1, -0.05) is 0 Å². The first-order chi connectivity index (χ1) is 1.00. The Morgan fingerprint density at radius 3 is 1.25 bits per heavy atom. The molecule has 0 fully saturated rings. The first kappa shape index (κ1) is 20.5. The molecule has 0 aromatic rings.